The lowest BCUT2D eigenvalue weighted by Crippen LogP contribution is -2.28. The van der Waals surface area contributed by atoms with Gasteiger partial charge in [-0.25, -0.2) is 0 Å². The molecule has 0 unspecified atom stereocenters. The highest BCUT2D eigenvalue weighted by molar-refractivity contribution is 8.13. The van der Waals surface area contributed by atoms with Crippen molar-refractivity contribution >= 4 is 22.6 Å². The maximum absolute atomic E-state index is 5.83. The molecule has 2 N–H and O–H groups in total. The fourth-order valence-corrected chi connectivity index (χ4v) is 3.55. The second-order valence-electron chi connectivity index (χ2n) is 5.30. The standard InChI is InChI=1S/C16H20N4OS/c1-18-16(22-2)20-8-4-7-14(20)13-10-15(21-19-13)11-5-3-6-12(17)9-11/h3,5-6,9-10,14H,4,7-8,17H2,1-2H3/t14-/m1/s1. The molecule has 0 aliphatic carbocycles. The van der Waals surface area contributed by atoms with Crippen molar-refractivity contribution in [2.45, 2.75) is 18.9 Å². The number of hydrogen-bond acceptors (Lipinski definition) is 5. The second-order valence-corrected chi connectivity index (χ2v) is 6.08. The van der Waals surface area contributed by atoms with Crippen LogP contribution in [0.4, 0.5) is 5.69 Å². The van der Waals surface area contributed by atoms with E-state index in [4.69, 9.17) is 10.3 Å². The molecule has 1 saturated heterocycles. The summed E-state index contributed by atoms with van der Waals surface area (Å²) in [6.07, 6.45) is 4.27. The first-order chi connectivity index (χ1) is 10.7. The monoisotopic (exact) mass is 316 g/mol. The zero-order valence-corrected chi connectivity index (χ0v) is 13.6. The number of aromatic nitrogens is 1. The first-order valence-electron chi connectivity index (χ1n) is 7.33. The quantitative estimate of drug-likeness (QED) is 0.522. The fraction of sp³-hybridized carbons (Fsp3) is 0.375. The number of nitrogens with zero attached hydrogens (tertiary/aromatic N) is 3. The SMILES string of the molecule is CN=C(SC)N1CCC[C@@H]1c1cc(-c2cccc(N)c2)on1. The average Bonchev–Trinajstić information content (AvgIpc) is 3.17. The van der Waals surface area contributed by atoms with Gasteiger partial charge in [0.25, 0.3) is 0 Å². The minimum absolute atomic E-state index is 0.240. The van der Waals surface area contributed by atoms with Crippen LogP contribution in [0.3, 0.4) is 0 Å². The molecular weight excluding hydrogens is 296 g/mol. The highest BCUT2D eigenvalue weighted by atomic mass is 32.2. The van der Waals surface area contributed by atoms with Gasteiger partial charge in [-0.15, -0.1) is 0 Å². The summed E-state index contributed by atoms with van der Waals surface area (Å²) in [4.78, 5) is 6.68. The first-order valence-corrected chi connectivity index (χ1v) is 8.55. The lowest BCUT2D eigenvalue weighted by molar-refractivity contribution is 0.362. The molecule has 6 heteroatoms. The Bertz CT molecular complexity index is 682. The van der Waals surface area contributed by atoms with E-state index in [-0.39, 0.29) is 6.04 Å². The minimum atomic E-state index is 0.240. The van der Waals surface area contributed by atoms with Crippen LogP contribution in [0.15, 0.2) is 39.8 Å². The lowest BCUT2D eigenvalue weighted by Gasteiger charge is -2.24. The zero-order valence-electron chi connectivity index (χ0n) is 12.8. The molecule has 1 aromatic heterocycles. The van der Waals surface area contributed by atoms with Crippen LogP contribution in [0.1, 0.15) is 24.6 Å². The van der Waals surface area contributed by atoms with Crippen LogP contribution in [-0.2, 0) is 0 Å². The molecule has 1 aliphatic rings. The molecule has 3 rings (SSSR count). The lowest BCUT2D eigenvalue weighted by atomic mass is 10.1. The summed E-state index contributed by atoms with van der Waals surface area (Å²) >= 11 is 1.67. The van der Waals surface area contributed by atoms with Gasteiger partial charge >= 0.3 is 0 Å². The first kappa shape index (κ1) is 15.0. The maximum atomic E-state index is 5.83. The molecular formula is C16H20N4OS. The Kier molecular flexibility index (Phi) is 4.38. The van der Waals surface area contributed by atoms with Crippen LogP contribution in [0.2, 0.25) is 0 Å². The van der Waals surface area contributed by atoms with Gasteiger partial charge in [0.2, 0.25) is 0 Å². The number of nitrogens with two attached hydrogens (primary N) is 1. The van der Waals surface area contributed by atoms with E-state index >= 15 is 0 Å². The predicted octanol–water partition coefficient (Wildman–Crippen LogP) is 3.41. The Morgan fingerprint density at radius 3 is 3.05 bits per heavy atom. The summed E-state index contributed by atoms with van der Waals surface area (Å²) < 4.78 is 5.53. The molecule has 1 aromatic carbocycles. The molecule has 5 nitrogen and oxygen atoms in total. The molecule has 0 amide bonds. The van der Waals surface area contributed by atoms with E-state index in [0.717, 1.165) is 47.3 Å². The number of rotatable bonds is 2. The van der Waals surface area contributed by atoms with Crippen molar-refractivity contribution in [3.05, 3.63) is 36.0 Å². The van der Waals surface area contributed by atoms with Gasteiger partial charge in [0.05, 0.1) is 6.04 Å². The Labute approximate surface area is 134 Å². The van der Waals surface area contributed by atoms with Crippen molar-refractivity contribution in [2.24, 2.45) is 4.99 Å². The van der Waals surface area contributed by atoms with Crippen LogP contribution in [0, 0.1) is 0 Å². The predicted molar refractivity (Wildman–Crippen MR) is 91.9 cm³/mol. The molecule has 1 aliphatic heterocycles. The summed E-state index contributed by atoms with van der Waals surface area (Å²) in [5.74, 6) is 0.758. The number of hydrogen-bond donors (Lipinski definition) is 1. The Balaban J connectivity index is 1.87. The Morgan fingerprint density at radius 1 is 1.45 bits per heavy atom. The van der Waals surface area contributed by atoms with Gasteiger partial charge < -0.3 is 15.2 Å². The van der Waals surface area contributed by atoms with Crippen molar-refractivity contribution < 1.29 is 4.52 Å². The highest BCUT2D eigenvalue weighted by Crippen LogP contribution is 2.35. The molecule has 0 bridgehead atoms. The van der Waals surface area contributed by atoms with E-state index in [9.17, 15) is 0 Å². The van der Waals surface area contributed by atoms with E-state index in [1.165, 1.54) is 0 Å². The summed E-state index contributed by atoms with van der Waals surface area (Å²) in [5, 5.41) is 5.34. The number of amidine groups is 1. The van der Waals surface area contributed by atoms with Crippen LogP contribution in [0.5, 0.6) is 0 Å². The molecule has 22 heavy (non-hydrogen) atoms. The summed E-state index contributed by atoms with van der Waals surface area (Å²) in [6, 6.07) is 9.92. The van der Waals surface area contributed by atoms with Crippen LogP contribution in [0.25, 0.3) is 11.3 Å². The molecule has 0 saturated carbocycles. The smallest absolute Gasteiger partial charge is 0.167 e. The molecule has 2 heterocycles. The summed E-state index contributed by atoms with van der Waals surface area (Å²) in [7, 11) is 1.84. The number of nitrogen functional groups attached to an aromatic ring is 1. The number of anilines is 1. The van der Waals surface area contributed by atoms with E-state index in [1.54, 1.807) is 11.8 Å². The van der Waals surface area contributed by atoms with E-state index in [0.29, 0.717) is 0 Å². The van der Waals surface area contributed by atoms with Crippen molar-refractivity contribution in [1.82, 2.24) is 10.1 Å². The van der Waals surface area contributed by atoms with Crippen molar-refractivity contribution in [1.29, 1.82) is 0 Å². The van der Waals surface area contributed by atoms with Crippen LogP contribution < -0.4 is 5.73 Å². The van der Waals surface area contributed by atoms with Crippen LogP contribution >= 0.6 is 11.8 Å². The van der Waals surface area contributed by atoms with E-state index < -0.39 is 0 Å². The normalized spacial score (nSPS) is 18.9. The van der Waals surface area contributed by atoms with E-state index in [1.807, 2.05) is 37.4 Å². The molecule has 1 atom stereocenters. The summed E-state index contributed by atoms with van der Waals surface area (Å²) in [6.45, 7) is 1.01. The van der Waals surface area contributed by atoms with Gasteiger partial charge in [0.15, 0.2) is 10.9 Å². The molecule has 116 valence electrons. The van der Waals surface area contributed by atoms with Gasteiger partial charge in [0.1, 0.15) is 5.69 Å². The molecule has 0 radical (unpaired) electrons. The average molecular weight is 316 g/mol. The molecule has 2 aromatic rings. The number of benzene rings is 1. The Hall–Kier alpha value is -1.95. The van der Waals surface area contributed by atoms with Gasteiger partial charge in [-0.2, -0.15) is 0 Å². The van der Waals surface area contributed by atoms with Gasteiger partial charge in [0, 0.05) is 30.9 Å². The fourth-order valence-electron chi connectivity index (χ4n) is 2.91. The number of aliphatic imine (C=N–C) groups is 1. The van der Waals surface area contributed by atoms with Crippen molar-refractivity contribution in [2.75, 3.05) is 25.6 Å². The molecule has 1 fully saturated rings. The summed E-state index contributed by atoms with van der Waals surface area (Å²) in [5.41, 5.74) is 8.48. The highest BCUT2D eigenvalue weighted by Gasteiger charge is 2.30. The zero-order chi connectivity index (χ0) is 15.5. The maximum Gasteiger partial charge on any atom is 0.167 e. The van der Waals surface area contributed by atoms with Gasteiger partial charge in [-0.3, -0.25) is 4.99 Å². The Morgan fingerprint density at radius 2 is 2.32 bits per heavy atom. The van der Waals surface area contributed by atoms with Gasteiger partial charge in [-0.05, 0) is 31.2 Å². The largest absolute Gasteiger partial charge is 0.399 e. The number of thioether (sulfide) groups is 1. The van der Waals surface area contributed by atoms with E-state index in [2.05, 4.69) is 21.3 Å². The third kappa shape index (κ3) is 2.83. The topological polar surface area (TPSA) is 67.7 Å². The van der Waals surface area contributed by atoms with Gasteiger partial charge in [-0.1, -0.05) is 29.1 Å². The minimum Gasteiger partial charge on any atom is -0.399 e. The van der Waals surface area contributed by atoms with Crippen molar-refractivity contribution in [3.8, 4) is 11.3 Å². The second kappa shape index (κ2) is 6.44. The number of likely N-dealkylation sites (tertiary alicyclic amines) is 1. The third-order valence-electron chi connectivity index (χ3n) is 3.91. The van der Waals surface area contributed by atoms with Crippen LogP contribution in [-0.4, -0.2) is 35.1 Å². The molecule has 0 spiro atoms. The van der Waals surface area contributed by atoms with Crippen molar-refractivity contribution in [3.63, 3.8) is 0 Å². The third-order valence-corrected chi connectivity index (χ3v) is 4.70.